The van der Waals surface area contributed by atoms with E-state index in [0.29, 0.717) is 28.3 Å². The van der Waals surface area contributed by atoms with E-state index in [1.165, 1.54) is 42.6 Å². The Balaban J connectivity index is 1.36. The van der Waals surface area contributed by atoms with Crippen molar-refractivity contribution in [1.29, 1.82) is 0 Å². The summed E-state index contributed by atoms with van der Waals surface area (Å²) in [5.41, 5.74) is 5.53. The molecule has 0 aliphatic heterocycles. The minimum atomic E-state index is -4.03. The average molecular weight is 589 g/mol. The highest BCUT2D eigenvalue weighted by Gasteiger charge is 2.28. The van der Waals surface area contributed by atoms with E-state index in [4.69, 9.17) is 4.74 Å². The number of ether oxygens (including phenoxy) is 1. The Labute approximate surface area is 243 Å². The van der Waals surface area contributed by atoms with Crippen LogP contribution in [0.3, 0.4) is 0 Å². The molecule has 0 radical (unpaired) electrons. The number of rotatable bonds is 11. The quantitative estimate of drug-likeness (QED) is 0.193. The van der Waals surface area contributed by atoms with E-state index < -0.39 is 34.2 Å². The second-order valence-corrected chi connectivity index (χ2v) is 11.2. The molecule has 0 aliphatic carbocycles. The number of anilines is 2. The molecule has 0 aromatic heterocycles. The normalized spacial score (nSPS) is 11.2. The lowest BCUT2D eigenvalue weighted by Gasteiger charge is -2.25. The van der Waals surface area contributed by atoms with Crippen molar-refractivity contribution in [3.63, 3.8) is 0 Å². The van der Waals surface area contributed by atoms with Gasteiger partial charge in [-0.25, -0.2) is 18.2 Å². The van der Waals surface area contributed by atoms with Crippen LogP contribution in [0.25, 0.3) is 0 Å². The Bertz CT molecular complexity index is 1680. The number of aryl methyl sites for hydroxylation is 2. The molecular formula is C31H29FN4O5S. The van der Waals surface area contributed by atoms with Gasteiger partial charge in [0.2, 0.25) is 0 Å². The number of halogens is 1. The van der Waals surface area contributed by atoms with Crippen molar-refractivity contribution in [2.24, 2.45) is 5.10 Å². The number of nitrogens with one attached hydrogen (secondary N) is 2. The molecule has 0 saturated heterocycles. The SMILES string of the molecule is Cc1ccc(N(CC(=O)N/N=C\c2ccc(OCC(=O)Nc3ccc(F)cc3)cc2)S(=O)(=O)c2ccccc2)c(C)c1. The first-order valence-electron chi connectivity index (χ1n) is 12.9. The number of benzene rings is 4. The molecule has 2 N–H and O–H groups in total. The van der Waals surface area contributed by atoms with Crippen LogP contribution < -0.4 is 19.8 Å². The van der Waals surface area contributed by atoms with Crippen molar-refractivity contribution in [2.45, 2.75) is 18.7 Å². The van der Waals surface area contributed by atoms with E-state index in [1.807, 2.05) is 13.0 Å². The predicted octanol–water partition coefficient (Wildman–Crippen LogP) is 4.81. The minimum absolute atomic E-state index is 0.0662. The first-order chi connectivity index (χ1) is 20.1. The fourth-order valence-electron chi connectivity index (χ4n) is 3.98. The fourth-order valence-corrected chi connectivity index (χ4v) is 5.49. The second-order valence-electron chi connectivity index (χ2n) is 9.32. The summed E-state index contributed by atoms with van der Waals surface area (Å²) in [4.78, 5) is 24.9. The van der Waals surface area contributed by atoms with Crippen molar-refractivity contribution in [3.8, 4) is 5.75 Å². The Morgan fingerprint density at radius 1 is 0.905 bits per heavy atom. The summed E-state index contributed by atoms with van der Waals surface area (Å²) in [6.45, 7) is 2.96. The van der Waals surface area contributed by atoms with Gasteiger partial charge >= 0.3 is 0 Å². The maximum absolute atomic E-state index is 13.5. The first kappa shape index (κ1) is 29.9. The first-order valence-corrected chi connectivity index (χ1v) is 14.3. The molecule has 4 rings (SSSR count). The predicted molar refractivity (Wildman–Crippen MR) is 160 cm³/mol. The van der Waals surface area contributed by atoms with Gasteiger partial charge < -0.3 is 10.1 Å². The lowest BCUT2D eigenvalue weighted by molar-refractivity contribution is -0.119. The smallest absolute Gasteiger partial charge is 0.264 e. The number of carbonyl (C=O) groups excluding carboxylic acids is 2. The van der Waals surface area contributed by atoms with Crippen LogP contribution in [0, 0.1) is 19.7 Å². The summed E-state index contributed by atoms with van der Waals surface area (Å²) in [5.74, 6) is -1.000. The summed E-state index contributed by atoms with van der Waals surface area (Å²) in [6, 6.07) is 25.2. The molecule has 11 heteroatoms. The van der Waals surface area contributed by atoms with Crippen molar-refractivity contribution >= 4 is 39.4 Å². The van der Waals surface area contributed by atoms with Crippen LogP contribution in [-0.4, -0.2) is 39.6 Å². The molecule has 0 atom stereocenters. The summed E-state index contributed by atoms with van der Waals surface area (Å²) >= 11 is 0. The van der Waals surface area contributed by atoms with Crippen LogP contribution in [0.1, 0.15) is 16.7 Å². The zero-order valence-electron chi connectivity index (χ0n) is 23.0. The molecule has 216 valence electrons. The summed E-state index contributed by atoms with van der Waals surface area (Å²) in [6.07, 6.45) is 1.40. The van der Waals surface area contributed by atoms with E-state index in [2.05, 4.69) is 15.8 Å². The summed E-state index contributed by atoms with van der Waals surface area (Å²) in [5, 5.41) is 6.56. The summed E-state index contributed by atoms with van der Waals surface area (Å²) in [7, 11) is -4.03. The minimum Gasteiger partial charge on any atom is -0.484 e. The van der Waals surface area contributed by atoms with Gasteiger partial charge in [0.15, 0.2) is 6.61 Å². The molecule has 4 aromatic rings. The Hall–Kier alpha value is -5.03. The lowest BCUT2D eigenvalue weighted by Crippen LogP contribution is -2.40. The molecule has 42 heavy (non-hydrogen) atoms. The highest BCUT2D eigenvalue weighted by Crippen LogP contribution is 2.27. The molecule has 9 nitrogen and oxygen atoms in total. The van der Waals surface area contributed by atoms with Crippen molar-refractivity contribution in [2.75, 3.05) is 22.8 Å². The van der Waals surface area contributed by atoms with E-state index in [0.717, 1.165) is 9.87 Å². The van der Waals surface area contributed by atoms with Gasteiger partial charge in [-0.3, -0.25) is 13.9 Å². The lowest BCUT2D eigenvalue weighted by atomic mass is 10.1. The van der Waals surface area contributed by atoms with Gasteiger partial charge in [0.25, 0.3) is 21.8 Å². The second kappa shape index (κ2) is 13.6. The summed E-state index contributed by atoms with van der Waals surface area (Å²) < 4.78 is 46.5. The maximum Gasteiger partial charge on any atom is 0.264 e. The zero-order chi connectivity index (χ0) is 30.1. The van der Waals surface area contributed by atoms with Crippen LogP contribution in [-0.2, 0) is 19.6 Å². The van der Waals surface area contributed by atoms with Crippen LogP contribution in [0.5, 0.6) is 5.75 Å². The maximum atomic E-state index is 13.5. The molecule has 0 aliphatic rings. The zero-order valence-corrected chi connectivity index (χ0v) is 23.8. The highest BCUT2D eigenvalue weighted by molar-refractivity contribution is 7.92. The molecule has 0 saturated carbocycles. The third kappa shape index (κ3) is 8.01. The van der Waals surface area contributed by atoms with E-state index in [9.17, 15) is 22.4 Å². The van der Waals surface area contributed by atoms with Gasteiger partial charge in [0.1, 0.15) is 18.1 Å². The van der Waals surface area contributed by atoms with Crippen LogP contribution in [0.15, 0.2) is 107 Å². The molecule has 0 bridgehead atoms. The Kier molecular flexibility index (Phi) is 9.66. The Morgan fingerprint density at radius 2 is 1.60 bits per heavy atom. The third-order valence-electron chi connectivity index (χ3n) is 6.02. The van der Waals surface area contributed by atoms with E-state index >= 15 is 0 Å². The van der Waals surface area contributed by atoms with Crippen molar-refractivity contribution in [1.82, 2.24) is 5.43 Å². The van der Waals surface area contributed by atoms with Crippen LogP contribution >= 0.6 is 0 Å². The van der Waals surface area contributed by atoms with Gasteiger partial charge in [-0.05, 0) is 91.7 Å². The number of hydrogen-bond acceptors (Lipinski definition) is 6. The highest BCUT2D eigenvalue weighted by atomic mass is 32.2. The third-order valence-corrected chi connectivity index (χ3v) is 7.79. The number of hydrazone groups is 1. The Morgan fingerprint density at radius 3 is 2.26 bits per heavy atom. The molecule has 0 unspecified atom stereocenters. The molecular weight excluding hydrogens is 559 g/mol. The monoisotopic (exact) mass is 588 g/mol. The number of sulfonamides is 1. The molecule has 4 aromatic carbocycles. The van der Waals surface area contributed by atoms with E-state index in [1.54, 1.807) is 61.5 Å². The standard InChI is InChI=1S/C31H29FN4O5S/c1-22-8-17-29(23(2)18-22)36(42(39,40)28-6-4-3-5-7-28)20-30(37)35-33-19-24-9-15-27(16-10-24)41-21-31(38)34-26-13-11-25(32)12-14-26/h3-19H,20-21H2,1-2H3,(H,34,38)(H,35,37)/b33-19-. The van der Waals surface area contributed by atoms with Gasteiger partial charge in [0, 0.05) is 5.69 Å². The van der Waals surface area contributed by atoms with E-state index in [-0.39, 0.29) is 11.5 Å². The van der Waals surface area contributed by atoms with Crippen LogP contribution in [0.2, 0.25) is 0 Å². The number of amides is 2. The molecule has 0 heterocycles. The van der Waals surface area contributed by atoms with Crippen molar-refractivity contribution < 1.29 is 27.1 Å². The average Bonchev–Trinajstić information content (AvgIpc) is 2.97. The molecule has 0 fully saturated rings. The van der Waals surface area contributed by atoms with Crippen LogP contribution in [0.4, 0.5) is 15.8 Å². The van der Waals surface area contributed by atoms with Crippen molar-refractivity contribution in [3.05, 3.63) is 120 Å². The molecule has 2 amide bonds. The number of hydrogen-bond donors (Lipinski definition) is 2. The van der Waals surface area contributed by atoms with Gasteiger partial charge in [-0.2, -0.15) is 5.10 Å². The fraction of sp³-hybridized carbons (Fsp3) is 0.129. The van der Waals surface area contributed by atoms with Gasteiger partial charge in [-0.1, -0.05) is 35.9 Å². The van der Waals surface area contributed by atoms with Gasteiger partial charge in [0.05, 0.1) is 16.8 Å². The molecule has 0 spiro atoms. The largest absolute Gasteiger partial charge is 0.484 e. The number of nitrogens with zero attached hydrogens (tertiary/aromatic N) is 2. The topological polar surface area (TPSA) is 117 Å². The number of carbonyl (C=O) groups is 2. The van der Waals surface area contributed by atoms with Gasteiger partial charge in [-0.15, -0.1) is 0 Å².